The van der Waals surface area contributed by atoms with E-state index >= 15 is 0 Å². The molecule has 0 aliphatic heterocycles. The summed E-state index contributed by atoms with van der Waals surface area (Å²) in [6.45, 7) is 0.391. The molecular formula is C15H15N3O2. The summed E-state index contributed by atoms with van der Waals surface area (Å²) in [5.74, 6) is 2.15. The zero-order valence-corrected chi connectivity index (χ0v) is 11.1. The summed E-state index contributed by atoms with van der Waals surface area (Å²) in [6.07, 6.45) is 1.77. The Bertz CT molecular complexity index is 737. The second-order valence-electron chi connectivity index (χ2n) is 4.36. The van der Waals surface area contributed by atoms with Gasteiger partial charge in [0.1, 0.15) is 29.6 Å². The first-order valence-electron chi connectivity index (χ1n) is 6.25. The highest BCUT2D eigenvalue weighted by Gasteiger charge is 2.06. The van der Waals surface area contributed by atoms with Crippen molar-refractivity contribution in [3.8, 4) is 11.5 Å². The third-order valence-corrected chi connectivity index (χ3v) is 3.06. The van der Waals surface area contributed by atoms with E-state index in [4.69, 9.17) is 15.2 Å². The van der Waals surface area contributed by atoms with Crippen molar-refractivity contribution in [3.63, 3.8) is 0 Å². The van der Waals surface area contributed by atoms with Crippen molar-refractivity contribution in [2.45, 2.75) is 6.61 Å². The lowest BCUT2D eigenvalue weighted by molar-refractivity contribution is 0.298. The molecule has 0 aliphatic rings. The Morgan fingerprint density at radius 1 is 1.15 bits per heavy atom. The lowest BCUT2D eigenvalue weighted by Crippen LogP contribution is -2.03. The number of nitrogens with zero attached hydrogens (tertiary/aromatic N) is 2. The minimum Gasteiger partial charge on any atom is -0.497 e. The molecule has 5 nitrogen and oxygen atoms in total. The Balaban J connectivity index is 1.83. The summed E-state index contributed by atoms with van der Waals surface area (Å²) in [7, 11) is 1.63. The number of anilines is 1. The Morgan fingerprint density at radius 3 is 2.80 bits per heavy atom. The van der Waals surface area contributed by atoms with Crippen LogP contribution in [-0.2, 0) is 6.61 Å². The third-order valence-electron chi connectivity index (χ3n) is 3.06. The molecule has 102 valence electrons. The number of aromatic nitrogens is 2. The van der Waals surface area contributed by atoms with Gasteiger partial charge in [-0.15, -0.1) is 0 Å². The SMILES string of the molecule is COc1cccc(OCc2cnc3cccc(N)n23)c1. The molecule has 0 fully saturated rings. The molecular weight excluding hydrogens is 254 g/mol. The maximum atomic E-state index is 5.96. The zero-order valence-electron chi connectivity index (χ0n) is 11.1. The number of benzene rings is 1. The predicted octanol–water partition coefficient (Wildman–Crippen LogP) is 2.50. The zero-order chi connectivity index (χ0) is 13.9. The van der Waals surface area contributed by atoms with E-state index in [1.165, 1.54) is 0 Å². The minimum absolute atomic E-state index is 0.391. The lowest BCUT2D eigenvalue weighted by atomic mass is 10.3. The highest BCUT2D eigenvalue weighted by atomic mass is 16.5. The van der Waals surface area contributed by atoms with Crippen molar-refractivity contribution < 1.29 is 9.47 Å². The van der Waals surface area contributed by atoms with Gasteiger partial charge in [0.25, 0.3) is 0 Å². The van der Waals surface area contributed by atoms with Crippen LogP contribution in [0.5, 0.6) is 11.5 Å². The van der Waals surface area contributed by atoms with E-state index in [0.717, 1.165) is 22.8 Å². The number of hydrogen-bond donors (Lipinski definition) is 1. The molecule has 0 amide bonds. The number of nitrogens with two attached hydrogens (primary N) is 1. The van der Waals surface area contributed by atoms with Gasteiger partial charge in [-0.2, -0.15) is 0 Å². The topological polar surface area (TPSA) is 61.8 Å². The van der Waals surface area contributed by atoms with Crippen molar-refractivity contribution >= 4 is 11.5 Å². The predicted molar refractivity (Wildman–Crippen MR) is 76.9 cm³/mol. The Kier molecular flexibility index (Phi) is 3.16. The van der Waals surface area contributed by atoms with Gasteiger partial charge in [0, 0.05) is 6.07 Å². The second kappa shape index (κ2) is 5.13. The minimum atomic E-state index is 0.391. The van der Waals surface area contributed by atoms with Crippen LogP contribution in [0.2, 0.25) is 0 Å². The summed E-state index contributed by atoms with van der Waals surface area (Å²) in [4.78, 5) is 4.30. The fraction of sp³-hybridized carbons (Fsp3) is 0.133. The van der Waals surface area contributed by atoms with Gasteiger partial charge in [0.2, 0.25) is 0 Å². The van der Waals surface area contributed by atoms with Gasteiger partial charge in [-0.1, -0.05) is 12.1 Å². The van der Waals surface area contributed by atoms with E-state index in [-0.39, 0.29) is 0 Å². The normalized spacial score (nSPS) is 10.7. The number of fused-ring (bicyclic) bond motifs is 1. The Morgan fingerprint density at radius 2 is 1.95 bits per heavy atom. The average Bonchev–Trinajstić information content (AvgIpc) is 2.90. The van der Waals surface area contributed by atoms with Crippen LogP contribution in [0.4, 0.5) is 5.82 Å². The van der Waals surface area contributed by atoms with Crippen LogP contribution in [-0.4, -0.2) is 16.5 Å². The fourth-order valence-corrected chi connectivity index (χ4v) is 2.08. The first-order valence-corrected chi connectivity index (χ1v) is 6.25. The summed E-state index contributed by atoms with van der Waals surface area (Å²) in [5.41, 5.74) is 7.68. The van der Waals surface area contributed by atoms with Gasteiger partial charge in [0.05, 0.1) is 19.0 Å². The first kappa shape index (κ1) is 12.3. The number of nitrogen functional groups attached to an aromatic ring is 1. The van der Waals surface area contributed by atoms with Crippen LogP contribution in [0, 0.1) is 0 Å². The molecule has 2 N–H and O–H groups in total. The van der Waals surface area contributed by atoms with Crippen molar-refractivity contribution in [3.05, 3.63) is 54.4 Å². The van der Waals surface area contributed by atoms with Crippen LogP contribution in [0.1, 0.15) is 5.69 Å². The van der Waals surface area contributed by atoms with Gasteiger partial charge >= 0.3 is 0 Å². The number of pyridine rings is 1. The van der Waals surface area contributed by atoms with Gasteiger partial charge in [-0.25, -0.2) is 4.98 Å². The molecule has 0 unspecified atom stereocenters. The molecule has 0 saturated carbocycles. The van der Waals surface area contributed by atoms with Crippen molar-refractivity contribution in [2.75, 3.05) is 12.8 Å². The molecule has 0 atom stereocenters. The van der Waals surface area contributed by atoms with Crippen molar-refractivity contribution in [1.82, 2.24) is 9.38 Å². The van der Waals surface area contributed by atoms with Gasteiger partial charge in [0.15, 0.2) is 0 Å². The van der Waals surface area contributed by atoms with Gasteiger partial charge in [-0.3, -0.25) is 4.40 Å². The number of methoxy groups -OCH3 is 1. The maximum absolute atomic E-state index is 5.96. The standard InChI is InChI=1S/C15H15N3O2/c1-19-12-4-2-5-13(8-12)20-10-11-9-17-15-7-3-6-14(16)18(11)15/h2-9H,10,16H2,1H3. The summed E-state index contributed by atoms with van der Waals surface area (Å²) < 4.78 is 12.8. The molecule has 0 aliphatic carbocycles. The number of hydrogen-bond acceptors (Lipinski definition) is 4. The molecule has 0 saturated heterocycles. The van der Waals surface area contributed by atoms with Crippen LogP contribution >= 0.6 is 0 Å². The summed E-state index contributed by atoms with van der Waals surface area (Å²) in [6, 6.07) is 13.1. The van der Waals surface area contributed by atoms with E-state index < -0.39 is 0 Å². The van der Waals surface area contributed by atoms with E-state index in [9.17, 15) is 0 Å². The second-order valence-corrected chi connectivity index (χ2v) is 4.36. The maximum Gasteiger partial charge on any atom is 0.138 e. The van der Waals surface area contributed by atoms with Crippen LogP contribution in [0.25, 0.3) is 5.65 Å². The van der Waals surface area contributed by atoms with Crippen LogP contribution < -0.4 is 15.2 Å². The number of ether oxygens (including phenoxy) is 2. The van der Waals surface area contributed by atoms with Crippen LogP contribution in [0.15, 0.2) is 48.7 Å². The van der Waals surface area contributed by atoms with Crippen molar-refractivity contribution in [2.24, 2.45) is 0 Å². The van der Waals surface area contributed by atoms with Crippen LogP contribution in [0.3, 0.4) is 0 Å². The van der Waals surface area contributed by atoms with Gasteiger partial charge < -0.3 is 15.2 Å². The molecule has 5 heteroatoms. The third kappa shape index (κ3) is 2.25. The van der Waals surface area contributed by atoms with Gasteiger partial charge in [-0.05, 0) is 24.3 Å². The highest BCUT2D eigenvalue weighted by Crippen LogP contribution is 2.20. The molecule has 0 bridgehead atoms. The average molecular weight is 269 g/mol. The largest absolute Gasteiger partial charge is 0.497 e. The monoisotopic (exact) mass is 269 g/mol. The first-order chi connectivity index (χ1) is 9.78. The molecule has 2 aromatic heterocycles. The number of imidazole rings is 1. The molecule has 20 heavy (non-hydrogen) atoms. The molecule has 2 heterocycles. The lowest BCUT2D eigenvalue weighted by Gasteiger charge is -2.08. The summed E-state index contributed by atoms with van der Waals surface area (Å²) >= 11 is 0. The molecule has 0 spiro atoms. The highest BCUT2D eigenvalue weighted by molar-refractivity contribution is 5.49. The smallest absolute Gasteiger partial charge is 0.138 e. The Hall–Kier alpha value is -2.69. The summed E-state index contributed by atoms with van der Waals surface area (Å²) in [5, 5.41) is 0. The fourth-order valence-electron chi connectivity index (χ4n) is 2.08. The quantitative estimate of drug-likeness (QED) is 0.790. The van der Waals surface area contributed by atoms with E-state index in [0.29, 0.717) is 12.4 Å². The van der Waals surface area contributed by atoms with Crippen molar-refractivity contribution in [1.29, 1.82) is 0 Å². The molecule has 3 aromatic rings. The van der Waals surface area contributed by atoms with E-state index in [1.807, 2.05) is 46.9 Å². The molecule has 3 rings (SSSR count). The number of rotatable bonds is 4. The van der Waals surface area contributed by atoms with E-state index in [1.54, 1.807) is 13.3 Å². The molecule has 0 radical (unpaired) electrons. The molecule has 1 aromatic carbocycles. The van der Waals surface area contributed by atoms with E-state index in [2.05, 4.69) is 4.98 Å². The Labute approximate surface area is 116 Å².